The second-order valence-electron chi connectivity index (χ2n) is 5.93. The predicted molar refractivity (Wildman–Crippen MR) is 82.3 cm³/mol. The van der Waals surface area contributed by atoms with Gasteiger partial charge in [-0.3, -0.25) is 0 Å². The van der Waals surface area contributed by atoms with Crippen LogP contribution in [0.25, 0.3) is 0 Å². The van der Waals surface area contributed by atoms with E-state index in [2.05, 4.69) is 18.7 Å². The van der Waals surface area contributed by atoms with E-state index in [9.17, 15) is 4.79 Å². The van der Waals surface area contributed by atoms with E-state index in [4.69, 9.17) is 10.8 Å². The Morgan fingerprint density at radius 2 is 1.90 bits per heavy atom. The molecule has 0 aliphatic carbocycles. The Hall–Kier alpha value is -1.71. The van der Waals surface area contributed by atoms with Gasteiger partial charge in [-0.15, -0.1) is 0 Å². The third kappa shape index (κ3) is 2.74. The topological polar surface area (TPSA) is 66.6 Å². The van der Waals surface area contributed by atoms with E-state index in [1.807, 2.05) is 6.07 Å². The van der Waals surface area contributed by atoms with Crippen molar-refractivity contribution in [3.8, 4) is 0 Å². The zero-order valence-electron chi connectivity index (χ0n) is 12.4. The summed E-state index contributed by atoms with van der Waals surface area (Å²) in [7, 11) is 0. The van der Waals surface area contributed by atoms with E-state index >= 15 is 0 Å². The number of anilines is 2. The molecule has 4 nitrogen and oxygen atoms in total. The predicted octanol–water partition coefficient (Wildman–Crippen LogP) is 3.37. The fourth-order valence-electron chi connectivity index (χ4n) is 3.41. The second-order valence-corrected chi connectivity index (χ2v) is 5.93. The fraction of sp³-hybridized carbons (Fsp3) is 0.562. The van der Waals surface area contributed by atoms with Crippen LogP contribution in [-0.2, 0) is 0 Å². The summed E-state index contributed by atoms with van der Waals surface area (Å²) in [6.07, 6.45) is 4.93. The van der Waals surface area contributed by atoms with Crippen LogP contribution in [0.3, 0.4) is 0 Å². The van der Waals surface area contributed by atoms with Crippen LogP contribution in [0.2, 0.25) is 0 Å². The van der Waals surface area contributed by atoms with Gasteiger partial charge in [0, 0.05) is 18.5 Å². The first-order chi connectivity index (χ1) is 9.51. The van der Waals surface area contributed by atoms with Crippen molar-refractivity contribution in [1.29, 1.82) is 0 Å². The third-order valence-corrected chi connectivity index (χ3v) is 4.23. The van der Waals surface area contributed by atoms with Gasteiger partial charge in [0.25, 0.3) is 0 Å². The standard InChI is InChI=1S/C16H24N2O2/c1-3-7-16(8-4-2)10-18(11-16)14-6-5-12(15(19)20)9-13(14)17/h5-6,9H,3-4,7-8,10-11,17H2,1-2H3,(H,19,20). The highest BCUT2D eigenvalue weighted by Gasteiger charge is 2.41. The van der Waals surface area contributed by atoms with Crippen molar-refractivity contribution in [3.05, 3.63) is 23.8 Å². The second kappa shape index (κ2) is 5.73. The summed E-state index contributed by atoms with van der Waals surface area (Å²) < 4.78 is 0. The highest BCUT2D eigenvalue weighted by Crippen LogP contribution is 2.43. The van der Waals surface area contributed by atoms with E-state index in [0.29, 0.717) is 11.1 Å². The van der Waals surface area contributed by atoms with Gasteiger partial charge in [-0.05, 0) is 31.0 Å². The van der Waals surface area contributed by atoms with Gasteiger partial charge in [-0.25, -0.2) is 4.79 Å². The maximum absolute atomic E-state index is 10.9. The van der Waals surface area contributed by atoms with Gasteiger partial charge in [-0.1, -0.05) is 26.7 Å². The monoisotopic (exact) mass is 276 g/mol. The number of nitrogens with zero attached hydrogens (tertiary/aromatic N) is 1. The summed E-state index contributed by atoms with van der Waals surface area (Å²) in [5, 5.41) is 8.96. The minimum absolute atomic E-state index is 0.250. The number of hydrogen-bond donors (Lipinski definition) is 2. The van der Waals surface area contributed by atoms with Crippen LogP contribution in [0.4, 0.5) is 11.4 Å². The maximum Gasteiger partial charge on any atom is 0.335 e. The van der Waals surface area contributed by atoms with Gasteiger partial charge in [0.1, 0.15) is 0 Å². The highest BCUT2D eigenvalue weighted by atomic mass is 16.4. The number of carboxylic acid groups (broad SMARTS) is 1. The van der Waals surface area contributed by atoms with Crippen molar-refractivity contribution in [1.82, 2.24) is 0 Å². The molecule has 0 aromatic heterocycles. The number of carboxylic acids is 1. The molecule has 4 heteroatoms. The number of hydrogen-bond acceptors (Lipinski definition) is 3. The molecular formula is C16H24N2O2. The molecule has 0 saturated carbocycles. The molecule has 3 N–H and O–H groups in total. The molecule has 1 saturated heterocycles. The molecule has 1 aromatic rings. The Kier molecular flexibility index (Phi) is 4.21. The lowest BCUT2D eigenvalue weighted by molar-refractivity contribution is 0.0697. The van der Waals surface area contributed by atoms with Crippen LogP contribution in [0.15, 0.2) is 18.2 Å². The number of nitrogen functional groups attached to an aromatic ring is 1. The van der Waals surface area contributed by atoms with Gasteiger partial charge < -0.3 is 15.7 Å². The molecule has 2 rings (SSSR count). The molecule has 1 aliphatic rings. The van der Waals surface area contributed by atoms with Crippen LogP contribution in [0, 0.1) is 5.41 Å². The van der Waals surface area contributed by atoms with Crippen molar-refractivity contribution < 1.29 is 9.90 Å². The van der Waals surface area contributed by atoms with Gasteiger partial charge >= 0.3 is 5.97 Å². The molecule has 20 heavy (non-hydrogen) atoms. The smallest absolute Gasteiger partial charge is 0.335 e. The van der Waals surface area contributed by atoms with E-state index in [0.717, 1.165) is 18.8 Å². The van der Waals surface area contributed by atoms with Crippen molar-refractivity contribution in [2.45, 2.75) is 39.5 Å². The first-order valence-corrected chi connectivity index (χ1v) is 7.39. The quantitative estimate of drug-likeness (QED) is 0.782. The van der Waals surface area contributed by atoms with Gasteiger partial charge in [-0.2, -0.15) is 0 Å². The normalized spacial score (nSPS) is 16.8. The lowest BCUT2D eigenvalue weighted by Gasteiger charge is -2.52. The van der Waals surface area contributed by atoms with Crippen molar-refractivity contribution >= 4 is 17.3 Å². The molecule has 0 bridgehead atoms. The summed E-state index contributed by atoms with van der Waals surface area (Å²) in [4.78, 5) is 13.2. The van der Waals surface area contributed by atoms with E-state index in [1.54, 1.807) is 12.1 Å². The molecular weight excluding hydrogens is 252 g/mol. The molecule has 1 fully saturated rings. The fourth-order valence-corrected chi connectivity index (χ4v) is 3.41. The molecule has 1 aromatic carbocycles. The van der Waals surface area contributed by atoms with Crippen LogP contribution < -0.4 is 10.6 Å². The highest BCUT2D eigenvalue weighted by molar-refractivity contribution is 5.90. The van der Waals surface area contributed by atoms with E-state index < -0.39 is 5.97 Å². The molecule has 0 radical (unpaired) electrons. The largest absolute Gasteiger partial charge is 0.478 e. The number of carbonyl (C=O) groups is 1. The summed E-state index contributed by atoms with van der Waals surface area (Å²) in [6.45, 7) is 6.53. The molecule has 0 spiro atoms. The first kappa shape index (κ1) is 14.7. The summed E-state index contributed by atoms with van der Waals surface area (Å²) in [6, 6.07) is 5.02. The average molecular weight is 276 g/mol. The minimum atomic E-state index is -0.932. The maximum atomic E-state index is 10.9. The van der Waals surface area contributed by atoms with E-state index in [-0.39, 0.29) is 5.56 Å². The van der Waals surface area contributed by atoms with Gasteiger partial charge in [0.15, 0.2) is 0 Å². The minimum Gasteiger partial charge on any atom is -0.478 e. The Morgan fingerprint density at radius 3 is 2.35 bits per heavy atom. The molecule has 110 valence electrons. The Labute approximate surface area is 120 Å². The summed E-state index contributed by atoms with van der Waals surface area (Å²) >= 11 is 0. The van der Waals surface area contributed by atoms with Crippen LogP contribution in [0.5, 0.6) is 0 Å². The first-order valence-electron chi connectivity index (χ1n) is 7.39. The Bertz CT molecular complexity index is 485. The number of benzene rings is 1. The van der Waals surface area contributed by atoms with E-state index in [1.165, 1.54) is 25.7 Å². The molecule has 1 heterocycles. The Morgan fingerprint density at radius 1 is 1.30 bits per heavy atom. The van der Waals surface area contributed by atoms with Crippen LogP contribution >= 0.6 is 0 Å². The van der Waals surface area contributed by atoms with Crippen molar-refractivity contribution in [2.24, 2.45) is 5.41 Å². The van der Waals surface area contributed by atoms with Crippen molar-refractivity contribution in [3.63, 3.8) is 0 Å². The lowest BCUT2D eigenvalue weighted by atomic mass is 9.72. The summed E-state index contributed by atoms with van der Waals surface area (Å²) in [5.41, 5.74) is 8.21. The van der Waals surface area contributed by atoms with Gasteiger partial charge in [0.05, 0.1) is 16.9 Å². The number of rotatable bonds is 6. The molecule has 1 aliphatic heterocycles. The average Bonchev–Trinajstić information content (AvgIpc) is 2.35. The third-order valence-electron chi connectivity index (χ3n) is 4.23. The zero-order chi connectivity index (χ0) is 14.8. The van der Waals surface area contributed by atoms with Crippen LogP contribution in [-0.4, -0.2) is 24.2 Å². The van der Waals surface area contributed by atoms with Crippen molar-refractivity contribution in [2.75, 3.05) is 23.7 Å². The van der Waals surface area contributed by atoms with Gasteiger partial charge in [0.2, 0.25) is 0 Å². The zero-order valence-corrected chi connectivity index (χ0v) is 12.4. The number of nitrogens with two attached hydrogens (primary N) is 1. The molecule has 0 atom stereocenters. The molecule has 0 amide bonds. The summed E-state index contributed by atoms with van der Waals surface area (Å²) in [5.74, 6) is -0.932. The SMILES string of the molecule is CCCC1(CCC)CN(c2ccc(C(=O)O)cc2N)C1. The number of aromatic carboxylic acids is 1. The Balaban J connectivity index is 2.10. The molecule has 0 unspecified atom stereocenters. The lowest BCUT2D eigenvalue weighted by Crippen LogP contribution is -2.56. The van der Waals surface area contributed by atoms with Crippen LogP contribution in [0.1, 0.15) is 49.9 Å².